The number of aliphatic hydroxyl groups excluding tert-OH is 1. The number of hydrogen-bond acceptors (Lipinski definition) is 6. The Bertz CT molecular complexity index is 584. The number of thiophene rings is 1. The normalized spacial score (nSPS) is 12.5. The fourth-order valence-electron chi connectivity index (χ4n) is 1.77. The monoisotopic (exact) mass is 280 g/mol. The molecule has 2 heterocycles. The molecule has 4 N–H and O–H groups in total. The molecular weight excluding hydrogens is 264 g/mol. The average molecular weight is 280 g/mol. The number of hydrogen-bond donors (Lipinski definition) is 3. The molecule has 0 aromatic carbocycles. The van der Waals surface area contributed by atoms with Gasteiger partial charge in [0.2, 0.25) is 0 Å². The lowest BCUT2D eigenvalue weighted by Crippen LogP contribution is -2.32. The minimum Gasteiger partial charge on any atom is -0.396 e. The van der Waals surface area contributed by atoms with E-state index in [9.17, 15) is 4.79 Å². The highest BCUT2D eigenvalue weighted by molar-refractivity contribution is 7.21. The lowest BCUT2D eigenvalue weighted by molar-refractivity contribution is 0.0941. The first kappa shape index (κ1) is 13.7. The molecule has 0 saturated heterocycles. The van der Waals surface area contributed by atoms with Gasteiger partial charge in [0, 0.05) is 25.0 Å². The molecule has 0 aliphatic heterocycles. The molecule has 6 nitrogen and oxygen atoms in total. The summed E-state index contributed by atoms with van der Waals surface area (Å²) in [7, 11) is 0. The Morgan fingerprint density at radius 2 is 2.26 bits per heavy atom. The summed E-state index contributed by atoms with van der Waals surface area (Å²) >= 11 is 1.24. The van der Waals surface area contributed by atoms with Crippen LogP contribution in [0.5, 0.6) is 0 Å². The summed E-state index contributed by atoms with van der Waals surface area (Å²) in [5, 5.41) is 11.6. The Morgan fingerprint density at radius 3 is 2.95 bits per heavy atom. The molecule has 7 heteroatoms. The number of aliphatic hydroxyl groups is 1. The number of nitrogens with two attached hydrogens (primary N) is 1. The Hall–Kier alpha value is -1.73. The maximum atomic E-state index is 12.1. The van der Waals surface area contributed by atoms with Gasteiger partial charge in [-0.3, -0.25) is 4.79 Å². The van der Waals surface area contributed by atoms with Gasteiger partial charge in [-0.1, -0.05) is 0 Å². The summed E-state index contributed by atoms with van der Waals surface area (Å²) in [5.41, 5.74) is 6.87. The molecule has 0 spiro atoms. The molecular formula is C12H16N4O2S. The first-order valence-electron chi connectivity index (χ1n) is 6.04. The van der Waals surface area contributed by atoms with Crippen molar-refractivity contribution in [1.29, 1.82) is 0 Å². The van der Waals surface area contributed by atoms with E-state index in [1.165, 1.54) is 11.3 Å². The summed E-state index contributed by atoms with van der Waals surface area (Å²) in [6, 6.07) is -0.00909. The number of nitrogen functional groups attached to an aromatic ring is 1. The molecule has 1 atom stereocenters. The van der Waals surface area contributed by atoms with Crippen molar-refractivity contribution in [2.24, 2.45) is 0 Å². The fraction of sp³-hybridized carbons (Fsp3) is 0.417. The number of amides is 1. The minimum atomic E-state index is -0.215. The number of nitrogens with one attached hydrogen (secondary N) is 1. The Balaban J connectivity index is 2.15. The molecule has 0 saturated carbocycles. The zero-order valence-corrected chi connectivity index (χ0v) is 11.4. The molecule has 0 aliphatic rings. The highest BCUT2D eigenvalue weighted by Crippen LogP contribution is 2.30. The predicted molar refractivity (Wildman–Crippen MR) is 75.1 cm³/mol. The summed E-state index contributed by atoms with van der Waals surface area (Å²) in [6.07, 6.45) is 4.51. The number of nitrogens with zero attached hydrogens (tertiary/aromatic N) is 2. The second kappa shape index (κ2) is 5.94. The van der Waals surface area contributed by atoms with Crippen molar-refractivity contribution in [3.63, 3.8) is 0 Å². The smallest absolute Gasteiger partial charge is 0.263 e. The van der Waals surface area contributed by atoms with Gasteiger partial charge >= 0.3 is 0 Å². The summed E-state index contributed by atoms with van der Waals surface area (Å²) in [4.78, 5) is 21.5. The summed E-state index contributed by atoms with van der Waals surface area (Å²) in [5.74, 6) is -0.215. The first-order chi connectivity index (χ1) is 9.13. The van der Waals surface area contributed by atoms with Crippen LogP contribution in [0.2, 0.25) is 0 Å². The summed E-state index contributed by atoms with van der Waals surface area (Å²) < 4.78 is 0. The van der Waals surface area contributed by atoms with Crippen LogP contribution in [0.25, 0.3) is 10.3 Å². The average Bonchev–Trinajstić information content (AvgIpc) is 2.74. The van der Waals surface area contributed by atoms with Gasteiger partial charge in [0.15, 0.2) is 0 Å². The number of carbonyl (C=O) groups is 1. The van der Waals surface area contributed by atoms with Gasteiger partial charge in [0.1, 0.15) is 15.2 Å². The molecule has 2 aromatic rings. The van der Waals surface area contributed by atoms with Crippen molar-refractivity contribution in [3.8, 4) is 0 Å². The predicted octanol–water partition coefficient (Wildman–Crippen LogP) is 1.16. The molecule has 19 heavy (non-hydrogen) atoms. The SMILES string of the molecule is CC(CCCO)NC(=O)c1sc2nccnc2c1N. The van der Waals surface area contributed by atoms with Crippen LogP contribution >= 0.6 is 11.3 Å². The molecule has 2 rings (SSSR count). The second-order valence-corrected chi connectivity index (χ2v) is 5.29. The van der Waals surface area contributed by atoms with E-state index in [4.69, 9.17) is 10.8 Å². The Kier molecular flexibility index (Phi) is 4.28. The molecule has 0 fully saturated rings. The van der Waals surface area contributed by atoms with Crippen LogP contribution in [0.4, 0.5) is 5.69 Å². The minimum absolute atomic E-state index is 0.00909. The van der Waals surface area contributed by atoms with E-state index in [1.54, 1.807) is 12.4 Å². The van der Waals surface area contributed by atoms with Crippen molar-refractivity contribution in [2.45, 2.75) is 25.8 Å². The van der Waals surface area contributed by atoms with Crippen molar-refractivity contribution < 1.29 is 9.90 Å². The van der Waals surface area contributed by atoms with Crippen LogP contribution in [-0.4, -0.2) is 33.6 Å². The van der Waals surface area contributed by atoms with Gasteiger partial charge in [0.05, 0.1) is 5.69 Å². The van der Waals surface area contributed by atoms with Crippen LogP contribution < -0.4 is 11.1 Å². The Labute approximate surface area is 114 Å². The van der Waals surface area contributed by atoms with Gasteiger partial charge in [-0.2, -0.15) is 0 Å². The quantitative estimate of drug-likeness (QED) is 0.763. The standard InChI is InChI=1S/C12H16N4O2S/c1-7(3-2-6-17)16-11(18)10-8(13)9-12(19-10)15-5-4-14-9/h4-5,7,17H,2-3,6,13H2,1H3,(H,16,18). The van der Waals surface area contributed by atoms with Gasteiger partial charge in [0.25, 0.3) is 5.91 Å². The highest BCUT2D eigenvalue weighted by atomic mass is 32.1. The van der Waals surface area contributed by atoms with Crippen molar-refractivity contribution in [3.05, 3.63) is 17.3 Å². The second-order valence-electron chi connectivity index (χ2n) is 4.30. The zero-order chi connectivity index (χ0) is 13.8. The third-order valence-corrected chi connectivity index (χ3v) is 3.84. The number of rotatable bonds is 5. The number of fused-ring (bicyclic) bond motifs is 1. The number of carbonyl (C=O) groups excluding carboxylic acids is 1. The maximum absolute atomic E-state index is 12.1. The van der Waals surface area contributed by atoms with Crippen LogP contribution in [0.15, 0.2) is 12.4 Å². The zero-order valence-electron chi connectivity index (χ0n) is 10.6. The van der Waals surface area contributed by atoms with Gasteiger partial charge < -0.3 is 16.2 Å². The van der Waals surface area contributed by atoms with E-state index in [1.807, 2.05) is 6.92 Å². The topological polar surface area (TPSA) is 101 Å². The maximum Gasteiger partial charge on any atom is 0.263 e. The van der Waals surface area contributed by atoms with Gasteiger partial charge in [-0.25, -0.2) is 9.97 Å². The molecule has 2 aromatic heterocycles. The number of aromatic nitrogens is 2. The van der Waals surface area contributed by atoms with E-state index in [0.717, 1.165) is 6.42 Å². The molecule has 102 valence electrons. The highest BCUT2D eigenvalue weighted by Gasteiger charge is 2.18. The van der Waals surface area contributed by atoms with Crippen molar-refractivity contribution in [2.75, 3.05) is 12.3 Å². The largest absolute Gasteiger partial charge is 0.396 e. The number of anilines is 1. The van der Waals surface area contributed by atoms with Gasteiger partial charge in [-0.15, -0.1) is 11.3 Å². The van der Waals surface area contributed by atoms with E-state index in [2.05, 4.69) is 15.3 Å². The van der Waals surface area contributed by atoms with E-state index < -0.39 is 0 Å². The molecule has 1 unspecified atom stereocenters. The van der Waals surface area contributed by atoms with Crippen molar-refractivity contribution >= 4 is 33.3 Å². The van der Waals surface area contributed by atoms with E-state index in [0.29, 0.717) is 27.3 Å². The van der Waals surface area contributed by atoms with E-state index >= 15 is 0 Å². The molecule has 0 bridgehead atoms. The van der Waals surface area contributed by atoms with Crippen LogP contribution in [-0.2, 0) is 0 Å². The van der Waals surface area contributed by atoms with Crippen molar-refractivity contribution in [1.82, 2.24) is 15.3 Å². The first-order valence-corrected chi connectivity index (χ1v) is 6.85. The van der Waals surface area contributed by atoms with E-state index in [-0.39, 0.29) is 18.6 Å². The molecule has 0 aliphatic carbocycles. The lowest BCUT2D eigenvalue weighted by atomic mass is 10.2. The van der Waals surface area contributed by atoms with Crippen LogP contribution in [0.3, 0.4) is 0 Å². The lowest BCUT2D eigenvalue weighted by Gasteiger charge is -2.12. The van der Waals surface area contributed by atoms with Crippen LogP contribution in [0.1, 0.15) is 29.4 Å². The van der Waals surface area contributed by atoms with Gasteiger partial charge in [-0.05, 0) is 19.8 Å². The third-order valence-electron chi connectivity index (χ3n) is 2.74. The summed E-state index contributed by atoms with van der Waals surface area (Å²) in [6.45, 7) is 2.02. The third kappa shape index (κ3) is 2.99. The molecule has 0 radical (unpaired) electrons. The molecule has 1 amide bonds. The van der Waals surface area contributed by atoms with Crippen LogP contribution in [0, 0.1) is 0 Å². The Morgan fingerprint density at radius 1 is 1.53 bits per heavy atom. The fourth-order valence-corrected chi connectivity index (χ4v) is 2.70.